The Morgan fingerprint density at radius 3 is 2.83 bits per heavy atom. The average molecular weight is 244 g/mol. The van der Waals surface area contributed by atoms with E-state index >= 15 is 0 Å². The van der Waals surface area contributed by atoms with Crippen molar-refractivity contribution in [2.45, 2.75) is 26.0 Å². The first-order valence-corrected chi connectivity index (χ1v) is 6.08. The molecule has 4 nitrogen and oxygen atoms in total. The molecule has 0 radical (unpaired) electrons. The fraction of sp³-hybridized carbons (Fsp3) is 0.357. The van der Waals surface area contributed by atoms with E-state index in [1.165, 1.54) is 0 Å². The highest BCUT2D eigenvalue weighted by molar-refractivity contribution is 5.37. The van der Waals surface area contributed by atoms with Crippen LogP contribution in [0.4, 0.5) is 0 Å². The van der Waals surface area contributed by atoms with Gasteiger partial charge in [-0.3, -0.25) is 0 Å². The first-order valence-electron chi connectivity index (χ1n) is 6.08. The van der Waals surface area contributed by atoms with Crippen LogP contribution in [0.5, 0.6) is 5.75 Å². The van der Waals surface area contributed by atoms with E-state index in [0.717, 1.165) is 22.7 Å². The van der Waals surface area contributed by atoms with E-state index in [2.05, 4.69) is 4.98 Å². The number of aliphatic hydroxyl groups is 1. The molecule has 1 aliphatic heterocycles. The van der Waals surface area contributed by atoms with Gasteiger partial charge in [0.1, 0.15) is 18.5 Å². The van der Waals surface area contributed by atoms with Crippen LogP contribution in [-0.4, -0.2) is 21.3 Å². The lowest BCUT2D eigenvalue weighted by molar-refractivity contribution is 0.0559. The van der Waals surface area contributed by atoms with Gasteiger partial charge < -0.3 is 14.4 Å². The van der Waals surface area contributed by atoms with E-state index in [0.29, 0.717) is 6.61 Å². The van der Waals surface area contributed by atoms with Gasteiger partial charge >= 0.3 is 0 Å². The summed E-state index contributed by atoms with van der Waals surface area (Å²) in [6, 6.07) is 7.52. The fourth-order valence-corrected chi connectivity index (χ4v) is 2.41. The third-order valence-corrected chi connectivity index (χ3v) is 3.66. The largest absolute Gasteiger partial charge is 0.491 e. The van der Waals surface area contributed by atoms with E-state index in [9.17, 15) is 5.11 Å². The van der Waals surface area contributed by atoms with Gasteiger partial charge in [0.2, 0.25) is 0 Å². The normalized spacial score (nSPS) is 22.4. The molecule has 94 valence electrons. The van der Waals surface area contributed by atoms with Crippen LogP contribution in [0.25, 0.3) is 0 Å². The predicted molar refractivity (Wildman–Crippen MR) is 67.6 cm³/mol. The van der Waals surface area contributed by atoms with Crippen molar-refractivity contribution in [3.05, 3.63) is 47.5 Å². The van der Waals surface area contributed by atoms with Crippen LogP contribution in [0.2, 0.25) is 0 Å². The molecule has 1 aromatic heterocycles. The van der Waals surface area contributed by atoms with E-state index in [4.69, 9.17) is 4.74 Å². The second-order valence-electron chi connectivity index (χ2n) is 4.68. The van der Waals surface area contributed by atoms with Crippen molar-refractivity contribution < 1.29 is 9.84 Å². The maximum atomic E-state index is 10.5. The molecule has 1 aromatic carbocycles. The molecule has 0 spiro atoms. The number of rotatable bonds is 1. The van der Waals surface area contributed by atoms with Crippen LogP contribution in [0.15, 0.2) is 30.6 Å². The molecule has 0 bridgehead atoms. The third kappa shape index (κ3) is 1.61. The predicted octanol–water partition coefficient (Wildman–Crippen LogP) is 2.17. The number of aryl methyl sites for hydroxylation is 1. The molecule has 0 fully saturated rings. The number of para-hydroxylation sites is 1. The summed E-state index contributed by atoms with van der Waals surface area (Å²) >= 11 is 0. The molecule has 2 unspecified atom stereocenters. The van der Waals surface area contributed by atoms with E-state index in [1.807, 2.05) is 42.7 Å². The third-order valence-electron chi connectivity index (χ3n) is 3.66. The summed E-state index contributed by atoms with van der Waals surface area (Å²) in [5, 5.41) is 10.5. The number of hydrogen-bond donors (Lipinski definition) is 1. The Bertz CT molecular complexity index is 577. The van der Waals surface area contributed by atoms with Crippen LogP contribution < -0.4 is 4.74 Å². The Balaban J connectivity index is 2.00. The first kappa shape index (κ1) is 11.3. The zero-order valence-corrected chi connectivity index (χ0v) is 10.5. The zero-order chi connectivity index (χ0) is 12.7. The minimum Gasteiger partial charge on any atom is -0.491 e. The van der Waals surface area contributed by atoms with Gasteiger partial charge in [0.25, 0.3) is 0 Å². The van der Waals surface area contributed by atoms with Crippen molar-refractivity contribution in [1.82, 2.24) is 9.55 Å². The summed E-state index contributed by atoms with van der Waals surface area (Å²) in [5.41, 5.74) is 2.91. The molecule has 2 atom stereocenters. The highest BCUT2D eigenvalue weighted by Gasteiger charge is 2.31. The molecule has 0 saturated carbocycles. The fourth-order valence-electron chi connectivity index (χ4n) is 2.41. The van der Waals surface area contributed by atoms with Gasteiger partial charge in [-0.05, 0) is 19.9 Å². The van der Waals surface area contributed by atoms with Crippen LogP contribution in [0.1, 0.15) is 29.1 Å². The number of nitrogens with zero attached hydrogens (tertiary/aromatic N) is 2. The standard InChI is InChI=1S/C14H16N2O2/c1-9-10(2)16(8-15-9)12-7-18-13-6-4-3-5-11(13)14(12)17/h3-6,8,12,14,17H,7H2,1-2H3. The summed E-state index contributed by atoms with van der Waals surface area (Å²) in [6.07, 6.45) is 1.22. The maximum absolute atomic E-state index is 10.5. The molecule has 4 heteroatoms. The van der Waals surface area contributed by atoms with E-state index in [1.54, 1.807) is 6.33 Å². The molecule has 0 saturated heterocycles. The maximum Gasteiger partial charge on any atom is 0.125 e. The van der Waals surface area contributed by atoms with E-state index < -0.39 is 6.10 Å². The summed E-state index contributed by atoms with van der Waals surface area (Å²) in [5.74, 6) is 0.774. The van der Waals surface area contributed by atoms with Gasteiger partial charge in [-0.2, -0.15) is 0 Å². The lowest BCUT2D eigenvalue weighted by atomic mass is 9.99. The minimum absolute atomic E-state index is 0.110. The van der Waals surface area contributed by atoms with Crippen molar-refractivity contribution in [2.75, 3.05) is 6.61 Å². The Morgan fingerprint density at radius 1 is 1.33 bits per heavy atom. The van der Waals surface area contributed by atoms with Crippen molar-refractivity contribution in [1.29, 1.82) is 0 Å². The quantitative estimate of drug-likeness (QED) is 0.836. The molecular weight excluding hydrogens is 228 g/mol. The van der Waals surface area contributed by atoms with Crippen molar-refractivity contribution in [3.63, 3.8) is 0 Å². The van der Waals surface area contributed by atoms with Crippen LogP contribution in [-0.2, 0) is 0 Å². The first-order chi connectivity index (χ1) is 8.68. The summed E-state index contributed by atoms with van der Waals surface area (Å²) in [7, 11) is 0. The van der Waals surface area contributed by atoms with Gasteiger partial charge in [0, 0.05) is 11.3 Å². The van der Waals surface area contributed by atoms with Gasteiger partial charge in [-0.25, -0.2) is 4.98 Å². The highest BCUT2D eigenvalue weighted by atomic mass is 16.5. The van der Waals surface area contributed by atoms with Gasteiger partial charge in [0.05, 0.1) is 18.1 Å². The minimum atomic E-state index is -0.553. The smallest absolute Gasteiger partial charge is 0.125 e. The van der Waals surface area contributed by atoms with E-state index in [-0.39, 0.29) is 6.04 Å². The van der Waals surface area contributed by atoms with Crippen molar-refractivity contribution >= 4 is 0 Å². The van der Waals surface area contributed by atoms with Crippen LogP contribution >= 0.6 is 0 Å². The molecule has 18 heavy (non-hydrogen) atoms. The van der Waals surface area contributed by atoms with Gasteiger partial charge in [-0.1, -0.05) is 18.2 Å². The molecule has 1 aliphatic rings. The molecule has 1 N–H and O–H groups in total. The molecule has 2 aromatic rings. The Hall–Kier alpha value is -1.81. The number of aromatic nitrogens is 2. The Morgan fingerprint density at radius 2 is 2.11 bits per heavy atom. The summed E-state index contributed by atoms with van der Waals surface area (Å²) in [4.78, 5) is 4.28. The monoisotopic (exact) mass is 244 g/mol. The SMILES string of the molecule is Cc1ncn(C2COc3ccccc3C2O)c1C. The summed E-state index contributed by atoms with van der Waals surface area (Å²) in [6.45, 7) is 4.44. The Labute approximate surface area is 106 Å². The lowest BCUT2D eigenvalue weighted by Gasteiger charge is -2.31. The lowest BCUT2D eigenvalue weighted by Crippen LogP contribution is -2.29. The second-order valence-corrected chi connectivity index (χ2v) is 4.68. The molecule has 0 amide bonds. The number of fused-ring (bicyclic) bond motifs is 1. The average Bonchev–Trinajstić information content (AvgIpc) is 2.71. The van der Waals surface area contributed by atoms with Gasteiger partial charge in [-0.15, -0.1) is 0 Å². The Kier molecular flexibility index (Phi) is 2.59. The van der Waals surface area contributed by atoms with Crippen LogP contribution in [0.3, 0.4) is 0 Å². The summed E-state index contributed by atoms with van der Waals surface area (Å²) < 4.78 is 7.71. The van der Waals surface area contributed by atoms with Crippen LogP contribution in [0, 0.1) is 13.8 Å². The molecule has 2 heterocycles. The topological polar surface area (TPSA) is 47.3 Å². The number of ether oxygens (including phenoxy) is 1. The zero-order valence-electron chi connectivity index (χ0n) is 10.5. The van der Waals surface area contributed by atoms with Gasteiger partial charge in [0.15, 0.2) is 0 Å². The molecular formula is C14H16N2O2. The number of imidazole rings is 1. The van der Waals surface area contributed by atoms with Crippen molar-refractivity contribution in [3.8, 4) is 5.75 Å². The number of hydrogen-bond acceptors (Lipinski definition) is 3. The highest BCUT2D eigenvalue weighted by Crippen LogP contribution is 2.38. The molecule has 0 aliphatic carbocycles. The number of benzene rings is 1. The molecule has 3 rings (SSSR count). The number of aliphatic hydroxyl groups excluding tert-OH is 1. The second kappa shape index (κ2) is 4.14. The van der Waals surface area contributed by atoms with Crippen molar-refractivity contribution in [2.24, 2.45) is 0 Å².